The number of amides is 1. The summed E-state index contributed by atoms with van der Waals surface area (Å²) < 4.78 is 5.46. The molecule has 1 atom stereocenters. The van der Waals surface area contributed by atoms with E-state index in [0.717, 1.165) is 42.2 Å². The van der Waals surface area contributed by atoms with E-state index in [2.05, 4.69) is 22.5 Å². The normalized spacial score (nSPS) is 19.3. The predicted molar refractivity (Wildman–Crippen MR) is 102 cm³/mol. The minimum absolute atomic E-state index is 0.0303. The molecule has 6 nitrogen and oxygen atoms in total. The molecule has 2 aliphatic heterocycles. The minimum atomic E-state index is -0.336. The highest BCUT2D eigenvalue weighted by atomic mass is 32.1. The molecule has 7 heteroatoms. The molecule has 138 valence electrons. The number of ether oxygens (including phenoxy) is 1. The minimum Gasteiger partial charge on any atom is -0.504 e. The first-order chi connectivity index (χ1) is 12.6. The van der Waals surface area contributed by atoms with Crippen molar-refractivity contribution in [1.82, 2.24) is 10.2 Å². The van der Waals surface area contributed by atoms with Gasteiger partial charge in [-0.3, -0.25) is 9.69 Å². The van der Waals surface area contributed by atoms with E-state index < -0.39 is 0 Å². The van der Waals surface area contributed by atoms with Crippen LogP contribution in [0.5, 0.6) is 11.5 Å². The third kappa shape index (κ3) is 2.91. The molecule has 0 saturated carbocycles. The number of phenols is 1. The van der Waals surface area contributed by atoms with Gasteiger partial charge in [0.2, 0.25) is 0 Å². The number of carbonyl (C=O) groups excluding carboxylic acids is 1. The molecule has 0 spiro atoms. The SMILES string of the molecule is CCOc1cc([C@H]2NC(=O)c3c(sc4c3CCN(CC)C4)N2)ccc1O. The molecule has 0 bridgehead atoms. The average Bonchev–Trinajstić information content (AvgIpc) is 3.01. The van der Waals surface area contributed by atoms with Crippen molar-refractivity contribution < 1.29 is 14.6 Å². The number of thiophene rings is 1. The number of rotatable bonds is 4. The van der Waals surface area contributed by atoms with Crippen molar-refractivity contribution in [2.24, 2.45) is 0 Å². The number of aromatic hydroxyl groups is 1. The average molecular weight is 373 g/mol. The second-order valence-corrected chi connectivity index (χ2v) is 7.64. The van der Waals surface area contributed by atoms with E-state index in [1.165, 1.54) is 10.4 Å². The summed E-state index contributed by atoms with van der Waals surface area (Å²) in [6.45, 7) is 7.44. The van der Waals surface area contributed by atoms with Crippen molar-refractivity contribution >= 4 is 22.2 Å². The summed E-state index contributed by atoms with van der Waals surface area (Å²) in [5, 5.41) is 17.3. The van der Waals surface area contributed by atoms with Gasteiger partial charge in [-0.1, -0.05) is 13.0 Å². The van der Waals surface area contributed by atoms with Gasteiger partial charge in [0, 0.05) is 18.0 Å². The van der Waals surface area contributed by atoms with Gasteiger partial charge in [0.1, 0.15) is 11.2 Å². The zero-order chi connectivity index (χ0) is 18.3. The van der Waals surface area contributed by atoms with Crippen molar-refractivity contribution in [2.45, 2.75) is 33.0 Å². The third-order valence-corrected chi connectivity index (χ3v) is 6.13. The Morgan fingerprint density at radius 3 is 2.96 bits per heavy atom. The van der Waals surface area contributed by atoms with Crippen LogP contribution in [0.4, 0.5) is 5.00 Å². The predicted octanol–water partition coefficient (Wildman–Crippen LogP) is 3.08. The number of fused-ring (bicyclic) bond motifs is 3. The van der Waals surface area contributed by atoms with Crippen LogP contribution < -0.4 is 15.4 Å². The third-order valence-electron chi connectivity index (χ3n) is 4.98. The van der Waals surface area contributed by atoms with E-state index in [4.69, 9.17) is 4.74 Å². The molecule has 1 aromatic heterocycles. The van der Waals surface area contributed by atoms with Gasteiger partial charge in [0.15, 0.2) is 11.5 Å². The Bertz CT molecular complexity index is 849. The van der Waals surface area contributed by atoms with Crippen LogP contribution in [0.3, 0.4) is 0 Å². The number of nitrogens with zero attached hydrogens (tertiary/aromatic N) is 1. The van der Waals surface area contributed by atoms with Crippen LogP contribution in [0.25, 0.3) is 0 Å². The van der Waals surface area contributed by atoms with Gasteiger partial charge >= 0.3 is 0 Å². The smallest absolute Gasteiger partial charge is 0.256 e. The first-order valence-electron chi connectivity index (χ1n) is 9.00. The summed E-state index contributed by atoms with van der Waals surface area (Å²) in [4.78, 5) is 16.5. The van der Waals surface area contributed by atoms with Gasteiger partial charge in [0.25, 0.3) is 5.91 Å². The highest BCUT2D eigenvalue weighted by Crippen LogP contribution is 2.41. The number of hydrogen-bond donors (Lipinski definition) is 3. The topological polar surface area (TPSA) is 73.8 Å². The number of carbonyl (C=O) groups is 1. The van der Waals surface area contributed by atoms with E-state index in [1.807, 2.05) is 6.92 Å². The molecule has 0 radical (unpaired) electrons. The monoisotopic (exact) mass is 373 g/mol. The molecule has 26 heavy (non-hydrogen) atoms. The Balaban J connectivity index is 1.64. The number of anilines is 1. The number of hydrogen-bond acceptors (Lipinski definition) is 6. The lowest BCUT2D eigenvalue weighted by Crippen LogP contribution is -2.38. The standard InChI is InChI=1S/C19H23N3O3S/c1-3-22-8-7-12-15(10-22)26-19-16(12)18(24)20-17(21-19)11-5-6-13(23)14(9-11)25-4-2/h5-6,9,17,21,23H,3-4,7-8,10H2,1-2H3,(H,20,24)/t17-/m0/s1. The fraction of sp³-hybridized carbons (Fsp3) is 0.421. The molecule has 2 aliphatic rings. The van der Waals surface area contributed by atoms with Crippen LogP contribution in [-0.2, 0) is 13.0 Å². The van der Waals surface area contributed by atoms with E-state index in [-0.39, 0.29) is 17.8 Å². The lowest BCUT2D eigenvalue weighted by atomic mass is 10.0. The van der Waals surface area contributed by atoms with E-state index in [0.29, 0.717) is 12.4 Å². The number of nitrogens with one attached hydrogen (secondary N) is 2. The molecular formula is C19H23N3O3S. The van der Waals surface area contributed by atoms with Crippen LogP contribution >= 0.6 is 11.3 Å². The highest BCUT2D eigenvalue weighted by molar-refractivity contribution is 7.16. The maximum Gasteiger partial charge on any atom is 0.256 e. The summed E-state index contributed by atoms with van der Waals surface area (Å²) in [6.07, 6.45) is 0.583. The fourth-order valence-corrected chi connectivity index (χ4v) is 4.90. The van der Waals surface area contributed by atoms with E-state index in [1.54, 1.807) is 29.5 Å². The summed E-state index contributed by atoms with van der Waals surface area (Å²) in [6, 6.07) is 5.17. The Morgan fingerprint density at radius 1 is 1.35 bits per heavy atom. The summed E-state index contributed by atoms with van der Waals surface area (Å²) in [5.74, 6) is 0.498. The molecule has 2 aromatic rings. The van der Waals surface area contributed by atoms with Crippen LogP contribution in [0.2, 0.25) is 0 Å². The Morgan fingerprint density at radius 2 is 2.19 bits per heavy atom. The lowest BCUT2D eigenvalue weighted by molar-refractivity contribution is 0.0934. The quantitative estimate of drug-likeness (QED) is 0.768. The molecular weight excluding hydrogens is 350 g/mol. The zero-order valence-corrected chi connectivity index (χ0v) is 15.8. The Labute approximate surface area is 156 Å². The van der Waals surface area contributed by atoms with Gasteiger partial charge in [-0.15, -0.1) is 11.3 Å². The molecule has 1 amide bonds. The maximum absolute atomic E-state index is 12.8. The molecule has 0 unspecified atom stereocenters. The van der Waals surface area contributed by atoms with Crippen molar-refractivity contribution in [3.63, 3.8) is 0 Å². The van der Waals surface area contributed by atoms with Crippen molar-refractivity contribution in [3.05, 3.63) is 39.8 Å². The Kier molecular flexibility index (Phi) is 4.50. The number of phenolic OH excluding ortho intramolecular Hbond substituents is 1. The largest absolute Gasteiger partial charge is 0.504 e. The van der Waals surface area contributed by atoms with Gasteiger partial charge in [-0.05, 0) is 43.1 Å². The van der Waals surface area contributed by atoms with Crippen molar-refractivity contribution in [3.8, 4) is 11.5 Å². The maximum atomic E-state index is 12.8. The molecule has 3 N–H and O–H groups in total. The van der Waals surface area contributed by atoms with Crippen LogP contribution in [0.1, 0.15) is 46.4 Å². The van der Waals surface area contributed by atoms with Crippen molar-refractivity contribution in [1.29, 1.82) is 0 Å². The van der Waals surface area contributed by atoms with E-state index in [9.17, 15) is 9.90 Å². The molecule has 1 aromatic carbocycles. The van der Waals surface area contributed by atoms with Crippen LogP contribution in [-0.4, -0.2) is 35.6 Å². The molecule has 4 rings (SSSR count). The summed E-state index contributed by atoms with van der Waals surface area (Å²) in [7, 11) is 0. The molecule has 0 saturated heterocycles. The second-order valence-electron chi connectivity index (χ2n) is 6.54. The fourth-order valence-electron chi connectivity index (χ4n) is 3.59. The number of likely N-dealkylation sites (N-methyl/N-ethyl adjacent to an activating group) is 1. The van der Waals surface area contributed by atoms with Crippen molar-refractivity contribution in [2.75, 3.05) is 25.0 Å². The first-order valence-corrected chi connectivity index (χ1v) is 9.82. The number of benzene rings is 1. The van der Waals surface area contributed by atoms with Gasteiger partial charge in [0.05, 0.1) is 12.2 Å². The van der Waals surface area contributed by atoms with Crippen LogP contribution in [0.15, 0.2) is 18.2 Å². The van der Waals surface area contributed by atoms with Gasteiger partial charge in [-0.25, -0.2) is 0 Å². The highest BCUT2D eigenvalue weighted by Gasteiger charge is 2.33. The molecule has 0 fully saturated rings. The van der Waals surface area contributed by atoms with Gasteiger partial charge in [-0.2, -0.15) is 0 Å². The zero-order valence-electron chi connectivity index (χ0n) is 15.0. The second kappa shape index (κ2) is 6.81. The first kappa shape index (κ1) is 17.2. The summed E-state index contributed by atoms with van der Waals surface area (Å²) in [5.41, 5.74) is 2.85. The van der Waals surface area contributed by atoms with Gasteiger partial charge < -0.3 is 20.5 Å². The van der Waals surface area contributed by atoms with Crippen LogP contribution in [0, 0.1) is 0 Å². The molecule has 3 heterocycles. The Hall–Kier alpha value is -2.25. The molecule has 0 aliphatic carbocycles. The van der Waals surface area contributed by atoms with E-state index >= 15 is 0 Å². The summed E-state index contributed by atoms with van der Waals surface area (Å²) >= 11 is 1.68. The lowest BCUT2D eigenvalue weighted by Gasteiger charge is -2.28.